The highest BCUT2D eigenvalue weighted by molar-refractivity contribution is 6.07. The molecule has 0 aliphatic carbocycles. The van der Waals surface area contributed by atoms with Crippen LogP contribution in [0, 0.1) is 0 Å². The van der Waals surface area contributed by atoms with E-state index < -0.39 is 0 Å². The molecule has 0 radical (unpaired) electrons. The lowest BCUT2D eigenvalue weighted by Gasteiger charge is -2.16. The van der Waals surface area contributed by atoms with Crippen molar-refractivity contribution >= 4 is 23.2 Å². The predicted octanol–water partition coefficient (Wildman–Crippen LogP) is 3.38. The fourth-order valence-electron chi connectivity index (χ4n) is 3.62. The highest BCUT2D eigenvalue weighted by atomic mass is 16.5. The van der Waals surface area contributed by atoms with E-state index in [1.807, 2.05) is 18.2 Å². The second kappa shape index (κ2) is 7.33. The Hall–Kier alpha value is -2.60. The summed E-state index contributed by atoms with van der Waals surface area (Å²) in [5, 5.41) is 2.95. The number of fused-ring (bicyclic) bond motifs is 1. The first-order valence-corrected chi connectivity index (χ1v) is 9.09. The SMILES string of the molecule is O=C(CCC1CCCO1)Nc1ccc2c(c1)CCN2C(=O)c1ccoc1. The van der Waals surface area contributed by atoms with E-state index in [0.717, 1.165) is 49.2 Å². The molecule has 136 valence electrons. The monoisotopic (exact) mass is 354 g/mol. The molecule has 2 aliphatic heterocycles. The summed E-state index contributed by atoms with van der Waals surface area (Å²) in [5.74, 6) is -0.0596. The van der Waals surface area contributed by atoms with Gasteiger partial charge in [0, 0.05) is 30.9 Å². The molecule has 1 aromatic heterocycles. The number of hydrogen-bond acceptors (Lipinski definition) is 4. The molecule has 1 aromatic carbocycles. The van der Waals surface area contributed by atoms with Crippen LogP contribution in [0.1, 0.15) is 41.6 Å². The first-order chi connectivity index (χ1) is 12.7. The molecule has 1 saturated heterocycles. The van der Waals surface area contributed by atoms with Crippen molar-refractivity contribution in [2.45, 2.75) is 38.2 Å². The standard InChI is InChI=1S/C20H22N2O4/c23-19(6-4-17-2-1-10-26-17)21-16-3-5-18-14(12-16)7-9-22(18)20(24)15-8-11-25-13-15/h3,5,8,11-13,17H,1-2,4,6-7,9-10H2,(H,21,23). The molecule has 2 aromatic rings. The van der Waals surface area contributed by atoms with E-state index >= 15 is 0 Å². The van der Waals surface area contributed by atoms with Crippen molar-refractivity contribution in [1.82, 2.24) is 0 Å². The van der Waals surface area contributed by atoms with Crippen LogP contribution in [0.5, 0.6) is 0 Å². The summed E-state index contributed by atoms with van der Waals surface area (Å²) in [6.07, 6.45) is 7.33. The van der Waals surface area contributed by atoms with Crippen molar-refractivity contribution in [2.24, 2.45) is 0 Å². The van der Waals surface area contributed by atoms with Gasteiger partial charge in [0.1, 0.15) is 6.26 Å². The molecule has 3 heterocycles. The van der Waals surface area contributed by atoms with Gasteiger partial charge in [0.05, 0.1) is 17.9 Å². The number of hydrogen-bond donors (Lipinski definition) is 1. The van der Waals surface area contributed by atoms with E-state index in [-0.39, 0.29) is 17.9 Å². The highest BCUT2D eigenvalue weighted by Crippen LogP contribution is 2.31. The van der Waals surface area contributed by atoms with E-state index in [2.05, 4.69) is 5.32 Å². The molecule has 6 heteroatoms. The number of ether oxygens (including phenoxy) is 1. The van der Waals surface area contributed by atoms with Gasteiger partial charge in [0.2, 0.25) is 5.91 Å². The number of amides is 2. The molecule has 1 fully saturated rings. The van der Waals surface area contributed by atoms with E-state index in [4.69, 9.17) is 9.15 Å². The van der Waals surface area contributed by atoms with Crippen LogP contribution in [0.3, 0.4) is 0 Å². The second-order valence-corrected chi connectivity index (χ2v) is 6.78. The van der Waals surface area contributed by atoms with Gasteiger partial charge in [-0.1, -0.05) is 0 Å². The summed E-state index contributed by atoms with van der Waals surface area (Å²) in [6, 6.07) is 7.38. The molecule has 1 atom stereocenters. The first-order valence-electron chi connectivity index (χ1n) is 9.09. The molecule has 6 nitrogen and oxygen atoms in total. The molecule has 0 spiro atoms. The summed E-state index contributed by atoms with van der Waals surface area (Å²) >= 11 is 0. The Morgan fingerprint density at radius 2 is 2.19 bits per heavy atom. The molecule has 0 bridgehead atoms. The number of carbonyl (C=O) groups excluding carboxylic acids is 2. The van der Waals surface area contributed by atoms with Crippen LogP contribution in [0.4, 0.5) is 11.4 Å². The van der Waals surface area contributed by atoms with Crippen molar-refractivity contribution in [1.29, 1.82) is 0 Å². The average Bonchev–Trinajstić information content (AvgIpc) is 3.40. The third-order valence-corrected chi connectivity index (χ3v) is 4.99. The molecule has 2 amide bonds. The van der Waals surface area contributed by atoms with Crippen molar-refractivity contribution in [3.05, 3.63) is 47.9 Å². The third-order valence-electron chi connectivity index (χ3n) is 4.99. The Kier molecular flexibility index (Phi) is 4.75. The molecule has 1 unspecified atom stereocenters. The average molecular weight is 354 g/mol. The molecule has 26 heavy (non-hydrogen) atoms. The van der Waals surface area contributed by atoms with E-state index in [0.29, 0.717) is 18.5 Å². The van der Waals surface area contributed by atoms with E-state index in [1.54, 1.807) is 11.0 Å². The smallest absolute Gasteiger partial charge is 0.261 e. The van der Waals surface area contributed by atoms with Crippen LogP contribution < -0.4 is 10.2 Å². The number of benzene rings is 1. The maximum absolute atomic E-state index is 12.5. The fourth-order valence-corrected chi connectivity index (χ4v) is 3.62. The topological polar surface area (TPSA) is 71.8 Å². The van der Waals surface area contributed by atoms with Crippen molar-refractivity contribution in [3.63, 3.8) is 0 Å². The number of anilines is 2. The van der Waals surface area contributed by atoms with Crippen LogP contribution in [0.2, 0.25) is 0 Å². The lowest BCUT2D eigenvalue weighted by Crippen LogP contribution is -2.28. The maximum atomic E-state index is 12.5. The number of nitrogens with zero attached hydrogens (tertiary/aromatic N) is 1. The summed E-state index contributed by atoms with van der Waals surface area (Å²) < 4.78 is 10.6. The number of nitrogens with one attached hydrogen (secondary N) is 1. The lowest BCUT2D eigenvalue weighted by molar-refractivity contribution is -0.116. The minimum Gasteiger partial charge on any atom is -0.472 e. The Morgan fingerprint density at radius 3 is 2.96 bits per heavy atom. The Labute approximate surface area is 152 Å². The van der Waals surface area contributed by atoms with Gasteiger partial charge in [0.15, 0.2) is 0 Å². The van der Waals surface area contributed by atoms with Crippen molar-refractivity contribution < 1.29 is 18.7 Å². The molecular formula is C20H22N2O4. The Morgan fingerprint density at radius 1 is 1.27 bits per heavy atom. The van der Waals surface area contributed by atoms with Gasteiger partial charge in [0.25, 0.3) is 5.91 Å². The normalized spacial score (nSPS) is 18.8. The van der Waals surface area contributed by atoms with Gasteiger partial charge < -0.3 is 19.4 Å². The predicted molar refractivity (Wildman–Crippen MR) is 97.4 cm³/mol. The number of furan rings is 1. The molecular weight excluding hydrogens is 332 g/mol. The summed E-state index contributed by atoms with van der Waals surface area (Å²) in [4.78, 5) is 26.4. The van der Waals surface area contributed by atoms with Crippen molar-refractivity contribution in [3.8, 4) is 0 Å². The van der Waals surface area contributed by atoms with Crippen LogP contribution >= 0.6 is 0 Å². The van der Waals surface area contributed by atoms with Crippen LogP contribution in [0.25, 0.3) is 0 Å². The summed E-state index contributed by atoms with van der Waals surface area (Å²) in [7, 11) is 0. The lowest BCUT2D eigenvalue weighted by atomic mass is 10.1. The fraction of sp³-hybridized carbons (Fsp3) is 0.400. The quantitative estimate of drug-likeness (QED) is 0.893. The van der Waals surface area contributed by atoms with Crippen LogP contribution in [-0.4, -0.2) is 31.1 Å². The number of carbonyl (C=O) groups is 2. The molecule has 1 N–H and O–H groups in total. The largest absolute Gasteiger partial charge is 0.472 e. The molecule has 4 rings (SSSR count). The Balaban J connectivity index is 1.38. The van der Waals surface area contributed by atoms with Crippen molar-refractivity contribution in [2.75, 3.05) is 23.4 Å². The van der Waals surface area contributed by atoms with Gasteiger partial charge in [-0.2, -0.15) is 0 Å². The molecule has 0 saturated carbocycles. The van der Waals surface area contributed by atoms with Gasteiger partial charge in [-0.25, -0.2) is 0 Å². The summed E-state index contributed by atoms with van der Waals surface area (Å²) in [5.41, 5.74) is 3.29. The Bertz CT molecular complexity index is 794. The second-order valence-electron chi connectivity index (χ2n) is 6.78. The van der Waals surface area contributed by atoms with Gasteiger partial charge in [-0.05, 0) is 55.5 Å². The number of rotatable bonds is 5. The van der Waals surface area contributed by atoms with Gasteiger partial charge in [-0.15, -0.1) is 0 Å². The van der Waals surface area contributed by atoms with Gasteiger partial charge >= 0.3 is 0 Å². The zero-order valence-corrected chi connectivity index (χ0v) is 14.6. The maximum Gasteiger partial charge on any atom is 0.261 e. The highest BCUT2D eigenvalue weighted by Gasteiger charge is 2.26. The molecule has 2 aliphatic rings. The zero-order valence-electron chi connectivity index (χ0n) is 14.6. The minimum atomic E-state index is -0.0640. The van der Waals surface area contributed by atoms with Gasteiger partial charge in [-0.3, -0.25) is 9.59 Å². The third kappa shape index (κ3) is 3.51. The summed E-state index contributed by atoms with van der Waals surface area (Å²) in [6.45, 7) is 1.45. The van der Waals surface area contributed by atoms with E-state index in [1.165, 1.54) is 12.5 Å². The van der Waals surface area contributed by atoms with Crippen LogP contribution in [0.15, 0.2) is 41.2 Å². The van der Waals surface area contributed by atoms with E-state index in [9.17, 15) is 9.59 Å². The van der Waals surface area contributed by atoms with Crippen LogP contribution in [-0.2, 0) is 16.0 Å². The first kappa shape index (κ1) is 16.8. The minimum absolute atomic E-state index is 0.00442. The zero-order chi connectivity index (χ0) is 17.9.